The molecule has 1 aliphatic heterocycles. The van der Waals surface area contributed by atoms with Gasteiger partial charge in [0.2, 0.25) is 0 Å². The van der Waals surface area contributed by atoms with E-state index in [1.165, 1.54) is 0 Å². The maximum atomic E-state index is 9.33. The molecule has 4 nitrogen and oxygen atoms in total. The summed E-state index contributed by atoms with van der Waals surface area (Å²) < 4.78 is 0. The van der Waals surface area contributed by atoms with Crippen LogP contribution in [0.2, 0.25) is 0 Å². The summed E-state index contributed by atoms with van der Waals surface area (Å²) in [4.78, 5) is 4.58. The largest absolute Gasteiger partial charge is 0.395 e. The van der Waals surface area contributed by atoms with Crippen LogP contribution in [-0.2, 0) is 0 Å². The number of aliphatic hydroxyl groups is 1. The summed E-state index contributed by atoms with van der Waals surface area (Å²) in [5.41, 5.74) is 5.88. The summed E-state index contributed by atoms with van der Waals surface area (Å²) in [5, 5.41) is 9.33. The van der Waals surface area contributed by atoms with Crippen molar-refractivity contribution in [2.75, 3.05) is 33.8 Å². The molecule has 15 heavy (non-hydrogen) atoms. The van der Waals surface area contributed by atoms with Gasteiger partial charge in [0.15, 0.2) is 0 Å². The van der Waals surface area contributed by atoms with Crippen molar-refractivity contribution in [2.24, 2.45) is 11.7 Å². The normalized spacial score (nSPS) is 32.2. The molecule has 3 N–H and O–H groups in total. The molecule has 1 aliphatic rings. The third-order valence-electron chi connectivity index (χ3n) is 3.53. The Morgan fingerprint density at radius 2 is 2.07 bits per heavy atom. The monoisotopic (exact) mass is 215 g/mol. The minimum atomic E-state index is 0.0307. The van der Waals surface area contributed by atoms with Crippen LogP contribution in [0.4, 0.5) is 0 Å². The zero-order valence-corrected chi connectivity index (χ0v) is 10.3. The highest BCUT2D eigenvalue weighted by Crippen LogP contribution is 2.22. The first-order valence-corrected chi connectivity index (χ1v) is 5.74. The van der Waals surface area contributed by atoms with Gasteiger partial charge in [-0.3, -0.25) is 4.90 Å². The van der Waals surface area contributed by atoms with Crippen LogP contribution in [0.5, 0.6) is 0 Å². The van der Waals surface area contributed by atoms with Gasteiger partial charge in [-0.2, -0.15) is 0 Å². The number of likely N-dealkylation sites (tertiary alicyclic amines) is 1. The van der Waals surface area contributed by atoms with Crippen molar-refractivity contribution in [1.82, 2.24) is 9.80 Å². The quantitative estimate of drug-likeness (QED) is 0.668. The molecule has 0 bridgehead atoms. The summed E-state index contributed by atoms with van der Waals surface area (Å²) in [7, 11) is 4.23. The van der Waals surface area contributed by atoms with Crippen LogP contribution >= 0.6 is 0 Å². The Bertz CT molecular complexity index is 196. The van der Waals surface area contributed by atoms with Gasteiger partial charge in [-0.05, 0) is 26.9 Å². The van der Waals surface area contributed by atoms with Crippen LogP contribution in [0, 0.1) is 5.92 Å². The van der Waals surface area contributed by atoms with Crippen LogP contribution in [0.3, 0.4) is 0 Å². The Morgan fingerprint density at radius 3 is 2.40 bits per heavy atom. The highest BCUT2D eigenvalue weighted by molar-refractivity contribution is 4.92. The zero-order valence-electron chi connectivity index (χ0n) is 10.3. The molecule has 1 rings (SSSR count). The molecule has 4 atom stereocenters. The van der Waals surface area contributed by atoms with Crippen molar-refractivity contribution in [3.8, 4) is 0 Å². The third-order valence-corrected chi connectivity index (χ3v) is 3.53. The number of hydrogen-bond donors (Lipinski definition) is 2. The molecule has 0 saturated carbocycles. The fraction of sp³-hybridized carbons (Fsp3) is 1.00. The maximum Gasteiger partial charge on any atom is 0.0601 e. The van der Waals surface area contributed by atoms with Gasteiger partial charge < -0.3 is 15.7 Å². The molecule has 0 aromatic rings. The highest BCUT2D eigenvalue weighted by atomic mass is 16.3. The lowest BCUT2D eigenvalue weighted by Crippen LogP contribution is -2.48. The number of nitrogens with zero attached hydrogens (tertiary/aromatic N) is 2. The molecule has 1 fully saturated rings. The van der Waals surface area contributed by atoms with Gasteiger partial charge in [-0.25, -0.2) is 0 Å². The Kier molecular flexibility index (Phi) is 4.52. The van der Waals surface area contributed by atoms with Gasteiger partial charge in [0.25, 0.3) is 0 Å². The molecule has 0 aromatic heterocycles. The standard InChI is InChI=1S/C11H25N3O/c1-8-5-14(6-10(8)13(3)4)11(7-15)9(2)12/h8-11,15H,5-7,12H2,1-4H3. The lowest BCUT2D eigenvalue weighted by Gasteiger charge is -2.29. The first kappa shape index (κ1) is 12.9. The Morgan fingerprint density at radius 1 is 1.47 bits per heavy atom. The molecule has 0 spiro atoms. The van der Waals surface area contributed by atoms with Gasteiger partial charge in [0.1, 0.15) is 0 Å². The van der Waals surface area contributed by atoms with Gasteiger partial charge in [0.05, 0.1) is 6.61 Å². The molecular weight excluding hydrogens is 190 g/mol. The SMILES string of the molecule is CC(N)C(CO)N1CC(C)C(N(C)C)C1. The van der Waals surface area contributed by atoms with Crippen LogP contribution in [-0.4, -0.2) is 66.8 Å². The molecule has 0 amide bonds. The van der Waals surface area contributed by atoms with Gasteiger partial charge in [-0.15, -0.1) is 0 Å². The molecular formula is C11H25N3O. The molecule has 0 radical (unpaired) electrons. The third kappa shape index (κ3) is 2.91. The molecule has 4 heteroatoms. The van der Waals surface area contributed by atoms with Crippen LogP contribution < -0.4 is 5.73 Å². The Hall–Kier alpha value is -0.160. The van der Waals surface area contributed by atoms with Gasteiger partial charge in [0, 0.05) is 31.2 Å². The molecule has 90 valence electrons. The fourth-order valence-electron chi connectivity index (χ4n) is 2.54. The second-order valence-corrected chi connectivity index (χ2v) is 5.07. The minimum absolute atomic E-state index is 0.0307. The van der Waals surface area contributed by atoms with E-state index in [9.17, 15) is 5.11 Å². The topological polar surface area (TPSA) is 52.7 Å². The summed E-state index contributed by atoms with van der Waals surface area (Å²) in [6.07, 6.45) is 0. The Labute approximate surface area is 93.0 Å². The van der Waals surface area contributed by atoms with E-state index in [0.717, 1.165) is 13.1 Å². The number of aliphatic hydroxyl groups excluding tert-OH is 1. The van der Waals surface area contributed by atoms with E-state index in [0.29, 0.717) is 12.0 Å². The number of likely N-dealkylation sites (N-methyl/N-ethyl adjacent to an activating group) is 1. The fourth-order valence-corrected chi connectivity index (χ4v) is 2.54. The van der Waals surface area contributed by atoms with Crippen molar-refractivity contribution in [2.45, 2.75) is 32.0 Å². The zero-order chi connectivity index (χ0) is 11.6. The van der Waals surface area contributed by atoms with Crippen LogP contribution in [0.15, 0.2) is 0 Å². The summed E-state index contributed by atoms with van der Waals surface area (Å²) in [6, 6.07) is 0.721. The minimum Gasteiger partial charge on any atom is -0.395 e. The average Bonchev–Trinajstić information content (AvgIpc) is 2.48. The number of rotatable bonds is 4. The van der Waals surface area contributed by atoms with Crippen molar-refractivity contribution in [3.63, 3.8) is 0 Å². The van der Waals surface area contributed by atoms with Crippen LogP contribution in [0.25, 0.3) is 0 Å². The number of hydrogen-bond acceptors (Lipinski definition) is 4. The van der Waals surface area contributed by atoms with E-state index in [4.69, 9.17) is 5.73 Å². The molecule has 1 saturated heterocycles. The molecule has 1 heterocycles. The van der Waals surface area contributed by atoms with E-state index < -0.39 is 0 Å². The van der Waals surface area contributed by atoms with Crippen molar-refractivity contribution >= 4 is 0 Å². The molecule has 0 aromatic carbocycles. The smallest absolute Gasteiger partial charge is 0.0601 e. The molecule has 0 aliphatic carbocycles. The predicted octanol–water partition coefficient (Wildman–Crippen LogP) is -0.424. The first-order valence-electron chi connectivity index (χ1n) is 5.74. The summed E-state index contributed by atoms with van der Waals surface area (Å²) >= 11 is 0. The molecule has 4 unspecified atom stereocenters. The average molecular weight is 215 g/mol. The second-order valence-electron chi connectivity index (χ2n) is 5.07. The predicted molar refractivity (Wildman–Crippen MR) is 62.7 cm³/mol. The summed E-state index contributed by atoms with van der Waals surface area (Å²) in [6.45, 7) is 6.44. The van der Waals surface area contributed by atoms with E-state index in [1.54, 1.807) is 0 Å². The lowest BCUT2D eigenvalue weighted by atomic mass is 10.1. The van der Waals surface area contributed by atoms with E-state index in [2.05, 4.69) is 30.8 Å². The van der Waals surface area contributed by atoms with Crippen LogP contribution in [0.1, 0.15) is 13.8 Å². The van der Waals surface area contributed by atoms with Crippen molar-refractivity contribution < 1.29 is 5.11 Å². The Balaban J connectivity index is 2.60. The number of nitrogens with two attached hydrogens (primary N) is 1. The van der Waals surface area contributed by atoms with E-state index >= 15 is 0 Å². The van der Waals surface area contributed by atoms with Crippen molar-refractivity contribution in [1.29, 1.82) is 0 Å². The van der Waals surface area contributed by atoms with Gasteiger partial charge >= 0.3 is 0 Å². The van der Waals surface area contributed by atoms with E-state index in [-0.39, 0.29) is 18.7 Å². The first-order chi connectivity index (χ1) is 6.97. The highest BCUT2D eigenvalue weighted by Gasteiger charge is 2.35. The van der Waals surface area contributed by atoms with E-state index in [1.807, 2.05) is 6.92 Å². The lowest BCUT2D eigenvalue weighted by molar-refractivity contribution is 0.122. The maximum absolute atomic E-state index is 9.33. The van der Waals surface area contributed by atoms with Gasteiger partial charge in [-0.1, -0.05) is 6.92 Å². The summed E-state index contributed by atoms with van der Waals surface area (Å²) in [5.74, 6) is 0.646. The van der Waals surface area contributed by atoms with Crippen molar-refractivity contribution in [3.05, 3.63) is 0 Å². The second kappa shape index (κ2) is 5.25.